The Morgan fingerprint density at radius 3 is 2.45 bits per heavy atom. The molecule has 1 aliphatic rings. The molecule has 1 N–H and O–H groups in total. The third kappa shape index (κ3) is 5.17. The molecule has 1 aromatic heterocycles. The number of anilines is 1. The Bertz CT molecular complexity index is 1080. The lowest BCUT2D eigenvalue weighted by Gasteiger charge is -2.21. The van der Waals surface area contributed by atoms with Gasteiger partial charge in [0.05, 0.1) is 5.56 Å². The van der Waals surface area contributed by atoms with Crippen molar-refractivity contribution in [3.05, 3.63) is 76.5 Å². The van der Waals surface area contributed by atoms with Gasteiger partial charge >= 0.3 is 5.97 Å². The number of hydrogen-bond acceptors (Lipinski definition) is 4. The molecule has 2 aromatic carbocycles. The second kappa shape index (κ2) is 9.40. The van der Waals surface area contributed by atoms with Crippen LogP contribution in [0.3, 0.4) is 0 Å². The van der Waals surface area contributed by atoms with Crippen LogP contribution in [0.2, 0.25) is 5.02 Å². The lowest BCUT2D eigenvalue weighted by molar-refractivity contribution is 0.0211. The number of aryl methyl sites for hydroxylation is 1. The van der Waals surface area contributed by atoms with Crippen LogP contribution in [-0.4, -0.2) is 18.0 Å². The molecule has 1 fully saturated rings. The maximum Gasteiger partial charge on any atom is 0.338 e. The predicted octanol–water partition coefficient (Wildman–Crippen LogP) is 6.65. The second-order valence-corrected chi connectivity index (χ2v) is 8.23. The number of amides is 1. The fraction of sp³-hybridized carbons (Fsp3) is 0.280. The van der Waals surface area contributed by atoms with Crippen molar-refractivity contribution in [2.24, 2.45) is 0 Å². The monoisotopic (exact) mass is 437 g/mol. The van der Waals surface area contributed by atoms with Gasteiger partial charge in [-0.3, -0.25) is 4.79 Å². The molecule has 4 rings (SSSR count). The molecular weight excluding hydrogens is 414 g/mol. The third-order valence-corrected chi connectivity index (χ3v) is 5.90. The molecule has 0 radical (unpaired) electrons. The van der Waals surface area contributed by atoms with Gasteiger partial charge in [-0.2, -0.15) is 0 Å². The van der Waals surface area contributed by atoms with Gasteiger partial charge in [0.25, 0.3) is 5.91 Å². The van der Waals surface area contributed by atoms with Gasteiger partial charge in [0, 0.05) is 16.3 Å². The van der Waals surface area contributed by atoms with Crippen LogP contribution in [0.25, 0.3) is 11.3 Å². The first-order chi connectivity index (χ1) is 15.0. The summed E-state index contributed by atoms with van der Waals surface area (Å²) in [6.45, 7) is 1.92. The molecule has 3 aromatic rings. The number of esters is 1. The Labute approximate surface area is 186 Å². The first-order valence-electron chi connectivity index (χ1n) is 10.5. The average Bonchev–Trinajstić information content (AvgIpc) is 3.27. The van der Waals surface area contributed by atoms with Crippen molar-refractivity contribution in [3.63, 3.8) is 0 Å². The quantitative estimate of drug-likeness (QED) is 0.453. The molecule has 0 bridgehead atoms. The van der Waals surface area contributed by atoms with E-state index in [0.717, 1.165) is 36.8 Å². The number of carbonyl (C=O) groups is 2. The Morgan fingerprint density at radius 1 is 1.00 bits per heavy atom. The van der Waals surface area contributed by atoms with Gasteiger partial charge in [0.2, 0.25) is 0 Å². The molecular formula is C25H24ClNO4. The number of furan rings is 1. The first kappa shape index (κ1) is 21.2. The summed E-state index contributed by atoms with van der Waals surface area (Å²) in [5, 5.41) is 3.42. The van der Waals surface area contributed by atoms with Gasteiger partial charge in [-0.1, -0.05) is 30.2 Å². The number of ether oxygens (including phenoxy) is 1. The lowest BCUT2D eigenvalue weighted by Crippen LogP contribution is -2.20. The summed E-state index contributed by atoms with van der Waals surface area (Å²) in [7, 11) is 0. The number of carbonyl (C=O) groups excluding carboxylic acids is 2. The summed E-state index contributed by atoms with van der Waals surface area (Å²) >= 11 is 6.18. The summed E-state index contributed by atoms with van der Waals surface area (Å²) in [6, 6.07) is 15.6. The molecule has 160 valence electrons. The molecule has 0 aliphatic heterocycles. The van der Waals surface area contributed by atoms with Crippen molar-refractivity contribution >= 4 is 29.2 Å². The number of hydrogen-bond donors (Lipinski definition) is 1. The van der Waals surface area contributed by atoms with Crippen molar-refractivity contribution in [3.8, 4) is 11.3 Å². The van der Waals surface area contributed by atoms with Crippen molar-refractivity contribution in [1.82, 2.24) is 0 Å². The van der Waals surface area contributed by atoms with Gasteiger partial charge in [-0.15, -0.1) is 0 Å². The van der Waals surface area contributed by atoms with Crippen LogP contribution in [-0.2, 0) is 4.74 Å². The van der Waals surface area contributed by atoms with Crippen LogP contribution < -0.4 is 5.32 Å². The fourth-order valence-corrected chi connectivity index (χ4v) is 3.83. The summed E-state index contributed by atoms with van der Waals surface area (Å²) in [4.78, 5) is 24.9. The van der Waals surface area contributed by atoms with Crippen LogP contribution in [0.1, 0.15) is 58.6 Å². The Morgan fingerprint density at radius 2 is 1.74 bits per heavy atom. The van der Waals surface area contributed by atoms with Gasteiger partial charge in [-0.05, 0) is 80.6 Å². The summed E-state index contributed by atoms with van der Waals surface area (Å²) in [6.07, 6.45) is 5.29. The number of halogens is 1. The molecule has 0 saturated heterocycles. The summed E-state index contributed by atoms with van der Waals surface area (Å²) in [5.41, 5.74) is 2.81. The van der Waals surface area contributed by atoms with E-state index < -0.39 is 0 Å². The summed E-state index contributed by atoms with van der Waals surface area (Å²) < 4.78 is 11.3. The highest BCUT2D eigenvalue weighted by molar-refractivity contribution is 6.31. The summed E-state index contributed by atoms with van der Waals surface area (Å²) in [5.74, 6) is 0.0551. The largest absolute Gasteiger partial charge is 0.459 e. The third-order valence-electron chi connectivity index (χ3n) is 5.49. The minimum absolute atomic E-state index is 0.0113. The molecule has 1 amide bonds. The highest BCUT2D eigenvalue weighted by Gasteiger charge is 2.19. The van der Waals surface area contributed by atoms with E-state index in [1.807, 2.05) is 25.1 Å². The van der Waals surface area contributed by atoms with E-state index >= 15 is 0 Å². The number of rotatable bonds is 5. The molecule has 0 unspecified atom stereocenters. The van der Waals surface area contributed by atoms with Gasteiger partial charge < -0.3 is 14.5 Å². The molecule has 1 heterocycles. The van der Waals surface area contributed by atoms with Crippen LogP contribution in [0.4, 0.5) is 5.69 Å². The lowest BCUT2D eigenvalue weighted by atomic mass is 9.98. The van der Waals surface area contributed by atoms with E-state index in [-0.39, 0.29) is 23.7 Å². The molecule has 6 heteroatoms. The predicted molar refractivity (Wildman–Crippen MR) is 121 cm³/mol. The Kier molecular flexibility index (Phi) is 6.42. The topological polar surface area (TPSA) is 68.5 Å². The van der Waals surface area contributed by atoms with Crippen LogP contribution in [0.5, 0.6) is 0 Å². The van der Waals surface area contributed by atoms with E-state index in [2.05, 4.69) is 5.32 Å². The Hall–Kier alpha value is -3.05. The zero-order valence-electron chi connectivity index (χ0n) is 17.3. The Balaban J connectivity index is 1.38. The first-order valence-corrected chi connectivity index (χ1v) is 10.9. The van der Waals surface area contributed by atoms with Gasteiger partial charge in [0.1, 0.15) is 11.9 Å². The van der Waals surface area contributed by atoms with E-state index in [9.17, 15) is 9.59 Å². The fourth-order valence-electron chi connectivity index (χ4n) is 3.65. The minimum atomic E-state index is -0.373. The van der Waals surface area contributed by atoms with Crippen molar-refractivity contribution in [2.45, 2.75) is 45.1 Å². The van der Waals surface area contributed by atoms with E-state index in [1.54, 1.807) is 36.4 Å². The standard InChI is InChI=1S/C25H24ClNO4/c1-16-7-8-18(15-21(16)26)22-13-14-23(31-22)24(28)27-19-11-9-17(10-12-19)25(29)30-20-5-3-2-4-6-20/h7-15,20H,2-6H2,1H3,(H,27,28). The highest BCUT2D eigenvalue weighted by atomic mass is 35.5. The average molecular weight is 438 g/mol. The second-order valence-electron chi connectivity index (χ2n) is 7.82. The maximum atomic E-state index is 12.5. The van der Waals surface area contributed by atoms with Crippen LogP contribution in [0.15, 0.2) is 59.0 Å². The molecule has 1 saturated carbocycles. The minimum Gasteiger partial charge on any atom is -0.459 e. The molecule has 0 spiro atoms. The number of nitrogens with one attached hydrogen (secondary N) is 1. The normalized spacial score (nSPS) is 14.3. The van der Waals surface area contributed by atoms with Crippen LogP contribution >= 0.6 is 11.6 Å². The molecule has 31 heavy (non-hydrogen) atoms. The zero-order chi connectivity index (χ0) is 21.8. The number of benzene rings is 2. The van der Waals surface area contributed by atoms with Crippen molar-refractivity contribution in [2.75, 3.05) is 5.32 Å². The SMILES string of the molecule is Cc1ccc(-c2ccc(C(=O)Nc3ccc(C(=O)OC4CCCCC4)cc3)o2)cc1Cl. The van der Waals surface area contributed by atoms with Gasteiger partial charge in [0.15, 0.2) is 5.76 Å². The van der Waals surface area contributed by atoms with E-state index in [4.69, 9.17) is 20.8 Å². The van der Waals surface area contributed by atoms with Crippen LogP contribution in [0, 0.1) is 6.92 Å². The maximum absolute atomic E-state index is 12.5. The zero-order valence-corrected chi connectivity index (χ0v) is 18.1. The van der Waals surface area contributed by atoms with Crippen molar-refractivity contribution < 1.29 is 18.7 Å². The molecule has 1 aliphatic carbocycles. The van der Waals surface area contributed by atoms with E-state index in [0.29, 0.717) is 22.0 Å². The van der Waals surface area contributed by atoms with Gasteiger partial charge in [-0.25, -0.2) is 4.79 Å². The molecule has 0 atom stereocenters. The molecule has 5 nitrogen and oxygen atoms in total. The van der Waals surface area contributed by atoms with Crippen molar-refractivity contribution in [1.29, 1.82) is 0 Å². The highest BCUT2D eigenvalue weighted by Crippen LogP contribution is 2.27. The smallest absolute Gasteiger partial charge is 0.338 e. The van der Waals surface area contributed by atoms with E-state index in [1.165, 1.54) is 6.42 Å².